The minimum absolute atomic E-state index is 0.102. The van der Waals surface area contributed by atoms with Crippen LogP contribution in [0.5, 0.6) is 5.75 Å². The van der Waals surface area contributed by atoms with Crippen molar-refractivity contribution in [2.45, 2.75) is 13.3 Å². The molecule has 2 aromatic heterocycles. The molecule has 146 valence electrons. The van der Waals surface area contributed by atoms with Gasteiger partial charge in [-0.3, -0.25) is 9.20 Å². The smallest absolute Gasteiger partial charge is 0.272 e. The summed E-state index contributed by atoms with van der Waals surface area (Å²) in [5.41, 5.74) is 2.78. The molecule has 1 amide bonds. The Balaban J connectivity index is 1.56. The first kappa shape index (κ1) is 18.3. The molecule has 0 aliphatic carbocycles. The van der Waals surface area contributed by atoms with E-state index >= 15 is 0 Å². The van der Waals surface area contributed by atoms with Gasteiger partial charge in [0, 0.05) is 32.4 Å². The van der Waals surface area contributed by atoms with Crippen LogP contribution in [0.15, 0.2) is 42.6 Å². The second-order valence-corrected chi connectivity index (χ2v) is 6.79. The van der Waals surface area contributed by atoms with Crippen LogP contribution in [0.4, 0.5) is 10.1 Å². The predicted octanol–water partition coefficient (Wildman–Crippen LogP) is 3.01. The first-order valence-electron chi connectivity index (χ1n) is 9.46. The maximum atomic E-state index is 13.8. The van der Waals surface area contributed by atoms with Crippen LogP contribution in [0.25, 0.3) is 5.65 Å². The molecular weight excluding hydrogens is 359 g/mol. The summed E-state index contributed by atoms with van der Waals surface area (Å²) < 4.78 is 20.8. The lowest BCUT2D eigenvalue weighted by molar-refractivity contribution is 0.0738. The van der Waals surface area contributed by atoms with Crippen LogP contribution >= 0.6 is 0 Å². The number of carbonyl (C=O) groups excluding carboxylic acids is 1. The Morgan fingerprint density at radius 1 is 1.14 bits per heavy atom. The van der Waals surface area contributed by atoms with Crippen LogP contribution in [0.3, 0.4) is 0 Å². The van der Waals surface area contributed by atoms with Crippen LogP contribution in [-0.2, 0) is 6.42 Å². The molecule has 0 atom stereocenters. The van der Waals surface area contributed by atoms with Gasteiger partial charge in [0.05, 0.1) is 18.5 Å². The lowest BCUT2D eigenvalue weighted by Gasteiger charge is -2.36. The van der Waals surface area contributed by atoms with Crippen LogP contribution in [0.1, 0.15) is 23.1 Å². The number of aromatic nitrogens is 2. The number of amides is 1. The molecule has 6 nitrogen and oxygen atoms in total. The van der Waals surface area contributed by atoms with Crippen molar-refractivity contribution in [3.63, 3.8) is 0 Å². The Morgan fingerprint density at radius 3 is 2.61 bits per heavy atom. The number of methoxy groups -OCH3 is 1. The summed E-state index contributed by atoms with van der Waals surface area (Å²) in [6, 6.07) is 10.9. The molecular formula is C21H23FN4O2. The largest absolute Gasteiger partial charge is 0.495 e. The van der Waals surface area contributed by atoms with Gasteiger partial charge in [-0.2, -0.15) is 0 Å². The van der Waals surface area contributed by atoms with Gasteiger partial charge in [-0.15, -0.1) is 0 Å². The number of piperazine rings is 1. The van der Waals surface area contributed by atoms with Gasteiger partial charge < -0.3 is 14.5 Å². The molecule has 1 aromatic carbocycles. The number of imidazole rings is 1. The van der Waals surface area contributed by atoms with Gasteiger partial charge in [-0.25, -0.2) is 9.37 Å². The van der Waals surface area contributed by atoms with E-state index in [1.807, 2.05) is 36.1 Å². The molecule has 0 bridgehead atoms. The van der Waals surface area contributed by atoms with Crippen LogP contribution in [-0.4, -0.2) is 53.5 Å². The van der Waals surface area contributed by atoms with E-state index in [2.05, 4.69) is 9.88 Å². The first-order valence-corrected chi connectivity index (χ1v) is 9.46. The Bertz CT molecular complexity index is 1010. The molecule has 4 rings (SSSR count). The fourth-order valence-corrected chi connectivity index (χ4v) is 3.73. The molecule has 3 heterocycles. The molecule has 0 radical (unpaired) electrons. The lowest BCUT2D eigenvalue weighted by Crippen LogP contribution is -2.49. The quantitative estimate of drug-likeness (QED) is 0.696. The summed E-state index contributed by atoms with van der Waals surface area (Å²) in [4.78, 5) is 21.8. The molecule has 7 heteroatoms. The van der Waals surface area contributed by atoms with Crippen LogP contribution < -0.4 is 9.64 Å². The van der Waals surface area contributed by atoms with E-state index in [9.17, 15) is 9.18 Å². The molecule has 0 spiro atoms. The molecule has 0 saturated carbocycles. The average Bonchev–Trinajstić information content (AvgIpc) is 3.11. The fraction of sp³-hybridized carbons (Fsp3) is 0.333. The van der Waals surface area contributed by atoms with Gasteiger partial charge in [0.2, 0.25) is 0 Å². The minimum atomic E-state index is -0.386. The number of nitrogens with zero attached hydrogens (tertiary/aromatic N) is 4. The van der Waals surface area contributed by atoms with Crippen molar-refractivity contribution >= 4 is 17.2 Å². The van der Waals surface area contributed by atoms with E-state index in [4.69, 9.17) is 4.74 Å². The number of ether oxygens (including phenoxy) is 1. The van der Waals surface area contributed by atoms with E-state index in [0.717, 1.165) is 11.4 Å². The molecule has 1 fully saturated rings. The number of aryl methyl sites for hydroxylation is 1. The SMILES string of the molecule is CCc1nc2ccc(F)cn2c1C(=O)N1CCN(c2ccccc2OC)CC1. The fourth-order valence-electron chi connectivity index (χ4n) is 3.73. The number of para-hydroxylation sites is 2. The number of fused-ring (bicyclic) bond motifs is 1. The number of hydrogen-bond donors (Lipinski definition) is 0. The van der Waals surface area contributed by atoms with Crippen molar-refractivity contribution in [1.82, 2.24) is 14.3 Å². The van der Waals surface area contributed by atoms with Crippen molar-refractivity contribution in [2.75, 3.05) is 38.2 Å². The van der Waals surface area contributed by atoms with Gasteiger partial charge in [0.15, 0.2) is 0 Å². The standard InChI is InChI=1S/C21H23FN4O2/c1-3-16-20(26-14-15(22)8-9-19(26)23-16)21(27)25-12-10-24(11-13-25)17-6-4-5-7-18(17)28-2/h4-9,14H,3,10-13H2,1-2H3. The Morgan fingerprint density at radius 2 is 1.89 bits per heavy atom. The van der Waals surface area contributed by atoms with E-state index in [1.165, 1.54) is 12.3 Å². The normalized spacial score (nSPS) is 14.5. The summed E-state index contributed by atoms with van der Waals surface area (Å²) in [5, 5.41) is 0. The molecule has 28 heavy (non-hydrogen) atoms. The lowest BCUT2D eigenvalue weighted by atomic mass is 10.2. The minimum Gasteiger partial charge on any atom is -0.495 e. The number of hydrogen-bond acceptors (Lipinski definition) is 4. The van der Waals surface area contributed by atoms with Crippen molar-refractivity contribution < 1.29 is 13.9 Å². The van der Waals surface area contributed by atoms with Gasteiger partial charge in [0.25, 0.3) is 5.91 Å². The van der Waals surface area contributed by atoms with E-state index in [1.54, 1.807) is 17.6 Å². The summed E-state index contributed by atoms with van der Waals surface area (Å²) >= 11 is 0. The monoisotopic (exact) mass is 382 g/mol. The third-order valence-corrected chi connectivity index (χ3v) is 5.18. The third kappa shape index (κ3) is 3.17. The van der Waals surface area contributed by atoms with Crippen molar-refractivity contribution in [1.29, 1.82) is 0 Å². The molecule has 1 saturated heterocycles. The van der Waals surface area contributed by atoms with E-state index in [0.29, 0.717) is 49.6 Å². The zero-order chi connectivity index (χ0) is 19.7. The molecule has 0 N–H and O–H groups in total. The number of anilines is 1. The van der Waals surface area contributed by atoms with Gasteiger partial charge in [-0.05, 0) is 30.7 Å². The molecule has 1 aliphatic rings. The summed E-state index contributed by atoms with van der Waals surface area (Å²) in [6.45, 7) is 4.54. The predicted molar refractivity (Wildman–Crippen MR) is 106 cm³/mol. The zero-order valence-corrected chi connectivity index (χ0v) is 16.1. The molecule has 1 aliphatic heterocycles. The Kier molecular flexibility index (Phi) is 4.90. The van der Waals surface area contributed by atoms with Gasteiger partial charge in [-0.1, -0.05) is 19.1 Å². The summed E-state index contributed by atoms with van der Waals surface area (Å²) in [7, 11) is 1.66. The van der Waals surface area contributed by atoms with Crippen LogP contribution in [0, 0.1) is 5.82 Å². The highest BCUT2D eigenvalue weighted by Gasteiger charge is 2.27. The average molecular weight is 382 g/mol. The first-order chi connectivity index (χ1) is 13.6. The van der Waals surface area contributed by atoms with E-state index < -0.39 is 0 Å². The molecule has 0 unspecified atom stereocenters. The maximum Gasteiger partial charge on any atom is 0.272 e. The number of halogens is 1. The number of carbonyl (C=O) groups is 1. The Hall–Kier alpha value is -3.09. The summed E-state index contributed by atoms with van der Waals surface area (Å²) in [6.07, 6.45) is 1.95. The third-order valence-electron chi connectivity index (χ3n) is 5.18. The highest BCUT2D eigenvalue weighted by atomic mass is 19.1. The van der Waals surface area contributed by atoms with Crippen molar-refractivity contribution in [3.8, 4) is 5.75 Å². The van der Waals surface area contributed by atoms with Gasteiger partial charge in [0.1, 0.15) is 22.9 Å². The number of pyridine rings is 1. The summed E-state index contributed by atoms with van der Waals surface area (Å²) in [5.74, 6) is 0.338. The number of rotatable bonds is 4. The van der Waals surface area contributed by atoms with Crippen molar-refractivity contribution in [2.24, 2.45) is 0 Å². The number of benzene rings is 1. The Labute approximate surface area is 163 Å². The maximum absolute atomic E-state index is 13.8. The van der Waals surface area contributed by atoms with Crippen LogP contribution in [0.2, 0.25) is 0 Å². The highest BCUT2D eigenvalue weighted by Crippen LogP contribution is 2.28. The van der Waals surface area contributed by atoms with Gasteiger partial charge >= 0.3 is 0 Å². The highest BCUT2D eigenvalue weighted by molar-refractivity contribution is 5.95. The second-order valence-electron chi connectivity index (χ2n) is 6.79. The van der Waals surface area contributed by atoms with E-state index in [-0.39, 0.29) is 11.7 Å². The topological polar surface area (TPSA) is 50.1 Å². The second kappa shape index (κ2) is 7.50. The zero-order valence-electron chi connectivity index (χ0n) is 16.1. The van der Waals surface area contributed by atoms with Crippen molar-refractivity contribution in [3.05, 3.63) is 59.8 Å². The molecule has 3 aromatic rings.